The lowest BCUT2D eigenvalue weighted by molar-refractivity contribution is -0.134. The fourth-order valence-electron chi connectivity index (χ4n) is 5.70. The molecule has 0 aromatic heterocycles. The van der Waals surface area contributed by atoms with Gasteiger partial charge in [-0.3, -0.25) is 19.3 Å². The Morgan fingerprint density at radius 3 is 2.76 bits per heavy atom. The highest BCUT2D eigenvalue weighted by Crippen LogP contribution is 2.44. The van der Waals surface area contributed by atoms with Crippen LogP contribution >= 0.6 is 0 Å². The standard InChI is InChI=1S/C26H28FN3O3/c1-17-21-16-19(27)10-9-18(21)12-15-28(17)23(31)8-5-14-29-25(33)20-6-3-4-7-22(20)30-24(32)11-13-26(29,30)2/h3-4,6-7,9-10,16-17H,5,8,11-15H2,1-2H3. The number of carbonyl (C=O) groups is 3. The second kappa shape index (κ2) is 7.97. The molecule has 3 aliphatic heterocycles. The van der Waals surface area contributed by atoms with Gasteiger partial charge in [0, 0.05) is 25.9 Å². The van der Waals surface area contributed by atoms with Crippen molar-refractivity contribution in [1.29, 1.82) is 0 Å². The topological polar surface area (TPSA) is 60.9 Å². The predicted molar refractivity (Wildman–Crippen MR) is 122 cm³/mol. The van der Waals surface area contributed by atoms with E-state index < -0.39 is 5.66 Å². The average Bonchev–Trinajstić information content (AvgIpc) is 3.11. The molecule has 1 saturated heterocycles. The van der Waals surface area contributed by atoms with Crippen molar-refractivity contribution in [2.45, 2.75) is 57.7 Å². The molecule has 0 N–H and O–H groups in total. The largest absolute Gasteiger partial charge is 0.336 e. The maximum absolute atomic E-state index is 13.7. The molecule has 2 unspecified atom stereocenters. The van der Waals surface area contributed by atoms with Crippen molar-refractivity contribution in [3.8, 4) is 0 Å². The zero-order valence-corrected chi connectivity index (χ0v) is 19.0. The minimum Gasteiger partial charge on any atom is -0.336 e. The molecule has 0 bridgehead atoms. The molecule has 7 heteroatoms. The van der Waals surface area contributed by atoms with E-state index in [1.807, 2.05) is 30.9 Å². The van der Waals surface area contributed by atoms with Gasteiger partial charge < -0.3 is 9.80 Å². The van der Waals surface area contributed by atoms with Gasteiger partial charge in [-0.1, -0.05) is 18.2 Å². The van der Waals surface area contributed by atoms with Crippen molar-refractivity contribution in [2.75, 3.05) is 18.0 Å². The summed E-state index contributed by atoms with van der Waals surface area (Å²) >= 11 is 0. The summed E-state index contributed by atoms with van der Waals surface area (Å²) in [6, 6.07) is 11.8. The van der Waals surface area contributed by atoms with E-state index in [0.717, 1.165) is 11.1 Å². The molecule has 1 fully saturated rings. The lowest BCUT2D eigenvalue weighted by Crippen LogP contribution is -2.62. The third-order valence-electron chi connectivity index (χ3n) is 7.49. The Labute approximate surface area is 193 Å². The normalized spacial score (nSPS) is 24.0. The van der Waals surface area contributed by atoms with Crippen molar-refractivity contribution in [1.82, 2.24) is 9.80 Å². The van der Waals surface area contributed by atoms with Gasteiger partial charge in [-0.05, 0) is 68.5 Å². The molecule has 3 amide bonds. The van der Waals surface area contributed by atoms with Gasteiger partial charge in [0.15, 0.2) is 0 Å². The van der Waals surface area contributed by atoms with E-state index in [0.29, 0.717) is 56.4 Å². The van der Waals surface area contributed by atoms with E-state index in [-0.39, 0.29) is 29.6 Å². The van der Waals surface area contributed by atoms with E-state index in [4.69, 9.17) is 0 Å². The Bertz CT molecular complexity index is 1150. The van der Waals surface area contributed by atoms with Gasteiger partial charge in [0.05, 0.1) is 17.3 Å². The second-order valence-corrected chi connectivity index (χ2v) is 9.38. The molecular formula is C26H28FN3O3. The number of benzene rings is 2. The lowest BCUT2D eigenvalue weighted by Gasteiger charge is -2.48. The maximum atomic E-state index is 13.7. The van der Waals surface area contributed by atoms with Crippen LogP contribution in [0.2, 0.25) is 0 Å². The highest BCUT2D eigenvalue weighted by Gasteiger charge is 2.52. The van der Waals surface area contributed by atoms with Gasteiger partial charge in [0.1, 0.15) is 11.5 Å². The number of anilines is 1. The van der Waals surface area contributed by atoms with E-state index in [1.165, 1.54) is 12.1 Å². The van der Waals surface area contributed by atoms with Crippen LogP contribution in [-0.4, -0.2) is 46.3 Å². The third kappa shape index (κ3) is 3.41. The fraction of sp³-hybridized carbons (Fsp3) is 0.423. The van der Waals surface area contributed by atoms with Gasteiger partial charge in [-0.2, -0.15) is 0 Å². The van der Waals surface area contributed by atoms with Gasteiger partial charge in [-0.25, -0.2) is 4.39 Å². The first-order valence-corrected chi connectivity index (χ1v) is 11.6. The summed E-state index contributed by atoms with van der Waals surface area (Å²) in [5.74, 6) is -0.358. The monoisotopic (exact) mass is 449 g/mol. The number of hydrogen-bond donors (Lipinski definition) is 0. The molecule has 2 aromatic carbocycles. The Morgan fingerprint density at radius 1 is 1.15 bits per heavy atom. The van der Waals surface area contributed by atoms with Crippen molar-refractivity contribution in [2.24, 2.45) is 0 Å². The first-order valence-electron chi connectivity index (χ1n) is 11.6. The van der Waals surface area contributed by atoms with Crippen LogP contribution in [0.25, 0.3) is 0 Å². The molecule has 33 heavy (non-hydrogen) atoms. The van der Waals surface area contributed by atoms with Gasteiger partial charge in [0.25, 0.3) is 5.91 Å². The average molecular weight is 450 g/mol. The highest BCUT2D eigenvalue weighted by molar-refractivity contribution is 6.10. The summed E-state index contributed by atoms with van der Waals surface area (Å²) in [7, 11) is 0. The quantitative estimate of drug-likeness (QED) is 0.708. The van der Waals surface area contributed by atoms with Crippen LogP contribution in [0.4, 0.5) is 10.1 Å². The summed E-state index contributed by atoms with van der Waals surface area (Å²) in [4.78, 5) is 44.4. The van der Waals surface area contributed by atoms with Crippen molar-refractivity contribution < 1.29 is 18.8 Å². The number of fused-ring (bicyclic) bond motifs is 4. The Kier molecular flexibility index (Phi) is 5.22. The number of hydrogen-bond acceptors (Lipinski definition) is 3. The summed E-state index contributed by atoms with van der Waals surface area (Å²) in [6.07, 6.45) is 2.48. The number of para-hydroxylation sites is 1. The minimum atomic E-state index is -0.708. The molecule has 2 atom stereocenters. The molecule has 0 spiro atoms. The van der Waals surface area contributed by atoms with Crippen LogP contribution in [0.15, 0.2) is 42.5 Å². The molecule has 6 nitrogen and oxygen atoms in total. The molecule has 0 radical (unpaired) electrons. The number of halogens is 1. The molecule has 5 rings (SSSR count). The molecule has 3 aliphatic rings. The minimum absolute atomic E-state index is 0.00628. The first kappa shape index (κ1) is 21.6. The van der Waals surface area contributed by atoms with Crippen molar-refractivity contribution in [3.63, 3.8) is 0 Å². The van der Waals surface area contributed by atoms with E-state index in [9.17, 15) is 18.8 Å². The van der Waals surface area contributed by atoms with Gasteiger partial charge in [-0.15, -0.1) is 0 Å². The van der Waals surface area contributed by atoms with Crippen LogP contribution in [0.5, 0.6) is 0 Å². The van der Waals surface area contributed by atoms with Crippen LogP contribution < -0.4 is 4.90 Å². The SMILES string of the molecule is CC1c2cc(F)ccc2CCN1C(=O)CCCN1C(=O)c2ccccc2N2C(=O)CCC12C. The molecule has 0 aliphatic carbocycles. The molecular weight excluding hydrogens is 421 g/mol. The van der Waals surface area contributed by atoms with E-state index in [1.54, 1.807) is 28.0 Å². The van der Waals surface area contributed by atoms with E-state index >= 15 is 0 Å². The Morgan fingerprint density at radius 2 is 1.94 bits per heavy atom. The van der Waals surface area contributed by atoms with Crippen molar-refractivity contribution >= 4 is 23.4 Å². The zero-order valence-electron chi connectivity index (χ0n) is 19.0. The molecule has 3 heterocycles. The van der Waals surface area contributed by atoms with Crippen LogP contribution in [0.1, 0.15) is 67.1 Å². The summed E-state index contributed by atoms with van der Waals surface area (Å²) < 4.78 is 13.7. The fourth-order valence-corrected chi connectivity index (χ4v) is 5.70. The number of nitrogens with zero attached hydrogens (tertiary/aromatic N) is 3. The van der Waals surface area contributed by atoms with Crippen LogP contribution in [-0.2, 0) is 16.0 Å². The second-order valence-electron chi connectivity index (χ2n) is 9.38. The summed E-state index contributed by atoms with van der Waals surface area (Å²) in [5, 5.41) is 0. The molecule has 2 aromatic rings. The number of amides is 3. The van der Waals surface area contributed by atoms with Gasteiger partial charge >= 0.3 is 0 Å². The summed E-state index contributed by atoms with van der Waals surface area (Å²) in [5.41, 5.74) is 2.45. The van der Waals surface area contributed by atoms with Gasteiger partial charge in [0.2, 0.25) is 11.8 Å². The Hall–Kier alpha value is -3.22. The molecule has 172 valence electrons. The van der Waals surface area contributed by atoms with Crippen molar-refractivity contribution in [3.05, 3.63) is 65.0 Å². The predicted octanol–water partition coefficient (Wildman–Crippen LogP) is 4.05. The Balaban J connectivity index is 1.29. The van der Waals surface area contributed by atoms with Crippen LogP contribution in [0, 0.1) is 5.82 Å². The zero-order chi connectivity index (χ0) is 23.3. The first-order chi connectivity index (χ1) is 15.8. The van der Waals surface area contributed by atoms with Crippen LogP contribution in [0.3, 0.4) is 0 Å². The maximum Gasteiger partial charge on any atom is 0.257 e. The number of carbonyl (C=O) groups excluding carboxylic acids is 3. The smallest absolute Gasteiger partial charge is 0.257 e. The third-order valence-corrected chi connectivity index (χ3v) is 7.49. The highest BCUT2D eigenvalue weighted by atomic mass is 19.1. The molecule has 0 saturated carbocycles. The number of rotatable bonds is 4. The summed E-state index contributed by atoms with van der Waals surface area (Å²) in [6.45, 7) is 4.87. The lowest BCUT2D eigenvalue weighted by atomic mass is 9.93. The van der Waals surface area contributed by atoms with E-state index in [2.05, 4.69) is 0 Å².